The van der Waals surface area contributed by atoms with E-state index in [0.717, 1.165) is 17.1 Å². The number of alkyl halides is 1. The van der Waals surface area contributed by atoms with Gasteiger partial charge in [-0.15, -0.1) is 11.6 Å². The van der Waals surface area contributed by atoms with Gasteiger partial charge < -0.3 is 9.09 Å². The highest BCUT2D eigenvalue weighted by atomic mass is 35.5. The second kappa shape index (κ2) is 3.84. The van der Waals surface area contributed by atoms with E-state index in [9.17, 15) is 0 Å². The number of hydrogen-bond acceptors (Lipinski definition) is 3. The zero-order valence-corrected chi connectivity index (χ0v) is 8.53. The van der Waals surface area contributed by atoms with Gasteiger partial charge >= 0.3 is 0 Å². The second-order valence-corrected chi connectivity index (χ2v) is 3.37. The van der Waals surface area contributed by atoms with Crippen molar-refractivity contribution in [2.75, 3.05) is 0 Å². The van der Waals surface area contributed by atoms with Crippen molar-refractivity contribution in [3.63, 3.8) is 0 Å². The van der Waals surface area contributed by atoms with Crippen molar-refractivity contribution in [2.45, 2.75) is 19.3 Å². The van der Waals surface area contributed by atoms with Crippen LogP contribution in [-0.4, -0.2) is 14.7 Å². The van der Waals surface area contributed by atoms with Crippen LogP contribution >= 0.6 is 11.6 Å². The van der Waals surface area contributed by atoms with E-state index in [-0.39, 0.29) is 0 Å². The average Bonchev–Trinajstić information content (AvgIpc) is 2.76. The summed E-state index contributed by atoms with van der Waals surface area (Å²) in [4.78, 5) is 4.11. The number of aromatic nitrogens is 3. The standard InChI is InChI=1S/C9H10ClN3O/c1-7-2-9(14-12-7)5-13-4-8(3-10)11-6-13/h2,4,6H,3,5H2,1H3. The molecule has 2 aromatic heterocycles. The summed E-state index contributed by atoms with van der Waals surface area (Å²) in [5, 5.41) is 3.80. The van der Waals surface area contributed by atoms with E-state index >= 15 is 0 Å². The third-order valence-electron chi connectivity index (χ3n) is 1.84. The number of aryl methyl sites for hydroxylation is 1. The van der Waals surface area contributed by atoms with E-state index in [0.29, 0.717) is 12.4 Å². The molecule has 0 spiro atoms. The van der Waals surface area contributed by atoms with Crippen LogP contribution in [0, 0.1) is 6.92 Å². The van der Waals surface area contributed by atoms with E-state index in [1.807, 2.05) is 23.8 Å². The van der Waals surface area contributed by atoms with Crippen molar-refractivity contribution >= 4 is 11.6 Å². The molecular weight excluding hydrogens is 202 g/mol. The first kappa shape index (κ1) is 9.27. The van der Waals surface area contributed by atoms with Crippen LogP contribution in [0.2, 0.25) is 0 Å². The summed E-state index contributed by atoms with van der Waals surface area (Å²) in [5.41, 5.74) is 1.75. The van der Waals surface area contributed by atoms with Crippen LogP contribution in [0.3, 0.4) is 0 Å². The lowest BCUT2D eigenvalue weighted by Gasteiger charge is -1.94. The molecule has 14 heavy (non-hydrogen) atoms. The molecule has 5 heteroatoms. The van der Waals surface area contributed by atoms with E-state index in [1.54, 1.807) is 6.33 Å². The van der Waals surface area contributed by atoms with Crippen molar-refractivity contribution in [2.24, 2.45) is 0 Å². The monoisotopic (exact) mass is 211 g/mol. The molecule has 0 saturated carbocycles. The van der Waals surface area contributed by atoms with Gasteiger partial charge in [-0.05, 0) is 6.92 Å². The molecule has 0 aliphatic rings. The van der Waals surface area contributed by atoms with E-state index in [2.05, 4.69) is 10.1 Å². The molecule has 4 nitrogen and oxygen atoms in total. The molecule has 74 valence electrons. The lowest BCUT2D eigenvalue weighted by Crippen LogP contribution is -1.94. The van der Waals surface area contributed by atoms with Gasteiger partial charge in [0.1, 0.15) is 0 Å². The number of nitrogens with zero attached hydrogens (tertiary/aromatic N) is 3. The summed E-state index contributed by atoms with van der Waals surface area (Å²) in [5.74, 6) is 1.25. The Bertz CT molecular complexity index is 421. The van der Waals surface area contributed by atoms with Gasteiger partial charge in [0.25, 0.3) is 0 Å². The Labute approximate surface area is 86.5 Å². The molecule has 0 saturated heterocycles. The van der Waals surface area contributed by atoms with Gasteiger partial charge in [0, 0.05) is 12.3 Å². The molecule has 2 rings (SSSR count). The van der Waals surface area contributed by atoms with Crippen LogP contribution in [0.5, 0.6) is 0 Å². The number of rotatable bonds is 3. The fourth-order valence-electron chi connectivity index (χ4n) is 1.23. The highest BCUT2D eigenvalue weighted by molar-refractivity contribution is 6.16. The summed E-state index contributed by atoms with van der Waals surface area (Å²) in [7, 11) is 0. The normalized spacial score (nSPS) is 10.7. The first-order chi connectivity index (χ1) is 6.78. The molecule has 0 aromatic carbocycles. The Morgan fingerprint density at radius 2 is 2.43 bits per heavy atom. The smallest absolute Gasteiger partial charge is 0.156 e. The molecule has 0 aliphatic carbocycles. The van der Waals surface area contributed by atoms with Gasteiger partial charge in [0.05, 0.1) is 30.1 Å². The third-order valence-corrected chi connectivity index (χ3v) is 2.11. The Hall–Kier alpha value is -1.29. The Kier molecular flexibility index (Phi) is 2.54. The summed E-state index contributed by atoms with van der Waals surface area (Å²) < 4.78 is 6.99. The topological polar surface area (TPSA) is 43.9 Å². The van der Waals surface area contributed by atoms with Crippen molar-refractivity contribution in [1.29, 1.82) is 0 Å². The van der Waals surface area contributed by atoms with Crippen molar-refractivity contribution in [3.8, 4) is 0 Å². The predicted molar refractivity (Wildman–Crippen MR) is 52.1 cm³/mol. The molecule has 0 aliphatic heterocycles. The zero-order valence-electron chi connectivity index (χ0n) is 7.77. The lowest BCUT2D eigenvalue weighted by molar-refractivity contribution is 0.373. The van der Waals surface area contributed by atoms with Crippen LogP contribution < -0.4 is 0 Å². The summed E-state index contributed by atoms with van der Waals surface area (Å²) in [6, 6.07) is 1.90. The Morgan fingerprint density at radius 3 is 3.00 bits per heavy atom. The van der Waals surface area contributed by atoms with Crippen LogP contribution in [0.4, 0.5) is 0 Å². The first-order valence-electron chi connectivity index (χ1n) is 4.27. The number of hydrogen-bond donors (Lipinski definition) is 0. The Balaban J connectivity index is 2.10. The van der Waals surface area contributed by atoms with E-state index in [4.69, 9.17) is 16.1 Å². The van der Waals surface area contributed by atoms with Gasteiger partial charge in [-0.3, -0.25) is 0 Å². The quantitative estimate of drug-likeness (QED) is 0.729. The maximum absolute atomic E-state index is 5.64. The van der Waals surface area contributed by atoms with Crippen molar-refractivity contribution in [1.82, 2.24) is 14.7 Å². The highest BCUT2D eigenvalue weighted by Crippen LogP contribution is 2.06. The van der Waals surface area contributed by atoms with Gasteiger partial charge in [0.15, 0.2) is 5.76 Å². The summed E-state index contributed by atoms with van der Waals surface area (Å²) in [6.07, 6.45) is 3.63. The minimum Gasteiger partial charge on any atom is -0.359 e. The van der Waals surface area contributed by atoms with Crippen LogP contribution in [0.1, 0.15) is 17.1 Å². The molecule has 0 fully saturated rings. The molecule has 0 atom stereocenters. The van der Waals surface area contributed by atoms with Crippen molar-refractivity contribution < 1.29 is 4.52 Å². The van der Waals surface area contributed by atoms with Gasteiger partial charge in [0.2, 0.25) is 0 Å². The van der Waals surface area contributed by atoms with E-state index < -0.39 is 0 Å². The largest absolute Gasteiger partial charge is 0.359 e. The third kappa shape index (κ3) is 1.96. The molecule has 0 bridgehead atoms. The molecule has 0 N–H and O–H groups in total. The minimum atomic E-state index is 0.433. The molecule has 0 unspecified atom stereocenters. The minimum absolute atomic E-state index is 0.433. The molecule has 0 radical (unpaired) electrons. The maximum Gasteiger partial charge on any atom is 0.156 e. The van der Waals surface area contributed by atoms with Gasteiger partial charge in [-0.25, -0.2) is 4.98 Å². The summed E-state index contributed by atoms with van der Waals surface area (Å²) in [6.45, 7) is 2.54. The van der Waals surface area contributed by atoms with Crippen LogP contribution in [0.25, 0.3) is 0 Å². The SMILES string of the molecule is Cc1cc(Cn2cnc(CCl)c2)on1. The average molecular weight is 212 g/mol. The van der Waals surface area contributed by atoms with E-state index in [1.165, 1.54) is 0 Å². The van der Waals surface area contributed by atoms with Gasteiger partial charge in [-0.2, -0.15) is 0 Å². The van der Waals surface area contributed by atoms with Crippen LogP contribution in [-0.2, 0) is 12.4 Å². The van der Waals surface area contributed by atoms with Gasteiger partial charge in [-0.1, -0.05) is 5.16 Å². The molecule has 2 heterocycles. The fourth-order valence-corrected chi connectivity index (χ4v) is 1.37. The molecule has 0 amide bonds. The number of imidazole rings is 1. The van der Waals surface area contributed by atoms with Crippen LogP contribution in [0.15, 0.2) is 23.1 Å². The highest BCUT2D eigenvalue weighted by Gasteiger charge is 2.02. The molecular formula is C9H10ClN3O. The molecule has 2 aromatic rings. The lowest BCUT2D eigenvalue weighted by atomic mass is 10.4. The van der Waals surface area contributed by atoms with Crippen molar-refractivity contribution in [3.05, 3.63) is 35.7 Å². The summed E-state index contributed by atoms with van der Waals surface area (Å²) >= 11 is 5.64. The second-order valence-electron chi connectivity index (χ2n) is 3.11. The Morgan fingerprint density at radius 1 is 1.57 bits per heavy atom. The first-order valence-corrected chi connectivity index (χ1v) is 4.80. The number of halogens is 1. The maximum atomic E-state index is 5.64. The fraction of sp³-hybridized carbons (Fsp3) is 0.333. The predicted octanol–water partition coefficient (Wildman–Crippen LogP) is 1.97. The zero-order chi connectivity index (χ0) is 9.97.